The fourth-order valence-corrected chi connectivity index (χ4v) is 3.55. The second-order valence-electron chi connectivity index (χ2n) is 6.66. The standard InChI is InChI=1S/C18H26N4O2/c1-14(23)22-11-5-6-16(22)18(24)20-13-15-7-8-17(19-12-15)21-9-3-2-4-10-21/h7-8,12,16H,2-6,9-11,13H2,1H3,(H,20,24)/t16-/m0/s1. The summed E-state index contributed by atoms with van der Waals surface area (Å²) in [5.74, 6) is 0.923. The zero-order valence-corrected chi connectivity index (χ0v) is 14.3. The number of piperidine rings is 1. The zero-order chi connectivity index (χ0) is 16.9. The lowest BCUT2D eigenvalue weighted by molar-refractivity contribution is -0.136. The summed E-state index contributed by atoms with van der Waals surface area (Å²) in [5.41, 5.74) is 0.983. The van der Waals surface area contributed by atoms with Crippen LogP contribution in [-0.4, -0.2) is 47.4 Å². The van der Waals surface area contributed by atoms with E-state index < -0.39 is 0 Å². The van der Waals surface area contributed by atoms with Gasteiger partial charge < -0.3 is 15.1 Å². The van der Waals surface area contributed by atoms with E-state index in [4.69, 9.17) is 0 Å². The van der Waals surface area contributed by atoms with E-state index in [1.807, 2.05) is 18.3 Å². The fourth-order valence-electron chi connectivity index (χ4n) is 3.55. The second kappa shape index (κ2) is 7.64. The fraction of sp³-hybridized carbons (Fsp3) is 0.611. The Bertz CT molecular complexity index is 581. The number of hydrogen-bond donors (Lipinski definition) is 1. The number of likely N-dealkylation sites (tertiary alicyclic amines) is 1. The molecule has 0 bridgehead atoms. The van der Waals surface area contributed by atoms with Gasteiger partial charge in [-0.2, -0.15) is 0 Å². The van der Waals surface area contributed by atoms with Gasteiger partial charge in [0, 0.05) is 39.3 Å². The first-order chi connectivity index (χ1) is 11.6. The van der Waals surface area contributed by atoms with E-state index in [9.17, 15) is 9.59 Å². The van der Waals surface area contributed by atoms with Gasteiger partial charge in [0.25, 0.3) is 0 Å². The van der Waals surface area contributed by atoms with E-state index in [2.05, 4.69) is 15.2 Å². The number of nitrogens with zero attached hydrogens (tertiary/aromatic N) is 3. The van der Waals surface area contributed by atoms with Gasteiger partial charge in [-0.15, -0.1) is 0 Å². The van der Waals surface area contributed by atoms with Crippen LogP contribution in [0.4, 0.5) is 5.82 Å². The highest BCUT2D eigenvalue weighted by Gasteiger charge is 2.31. The molecule has 130 valence electrons. The summed E-state index contributed by atoms with van der Waals surface area (Å²) in [7, 11) is 0. The molecule has 2 fully saturated rings. The predicted molar refractivity (Wildman–Crippen MR) is 92.6 cm³/mol. The molecule has 0 unspecified atom stereocenters. The van der Waals surface area contributed by atoms with E-state index in [1.165, 1.54) is 26.2 Å². The van der Waals surface area contributed by atoms with Crippen LogP contribution < -0.4 is 10.2 Å². The molecule has 3 heterocycles. The molecule has 2 aliphatic heterocycles. The Morgan fingerprint density at radius 2 is 1.96 bits per heavy atom. The van der Waals surface area contributed by atoms with Crippen LogP contribution in [0.3, 0.4) is 0 Å². The molecule has 0 aliphatic carbocycles. The monoisotopic (exact) mass is 330 g/mol. The predicted octanol–water partition coefficient (Wildman–Crippen LogP) is 1.70. The highest BCUT2D eigenvalue weighted by Crippen LogP contribution is 2.19. The van der Waals surface area contributed by atoms with Gasteiger partial charge in [-0.1, -0.05) is 6.07 Å². The number of hydrogen-bond acceptors (Lipinski definition) is 4. The zero-order valence-electron chi connectivity index (χ0n) is 14.3. The number of amides is 2. The number of anilines is 1. The SMILES string of the molecule is CC(=O)N1CCC[C@H]1C(=O)NCc1ccc(N2CCCCC2)nc1. The molecule has 0 spiro atoms. The highest BCUT2D eigenvalue weighted by atomic mass is 16.2. The summed E-state index contributed by atoms with van der Waals surface area (Å²) in [4.78, 5) is 32.4. The van der Waals surface area contributed by atoms with E-state index in [0.717, 1.165) is 37.3 Å². The maximum atomic E-state index is 12.3. The van der Waals surface area contributed by atoms with Gasteiger partial charge >= 0.3 is 0 Å². The molecule has 1 aromatic rings. The van der Waals surface area contributed by atoms with Crippen molar-refractivity contribution in [3.05, 3.63) is 23.9 Å². The molecule has 6 heteroatoms. The van der Waals surface area contributed by atoms with Gasteiger partial charge in [0.2, 0.25) is 11.8 Å². The summed E-state index contributed by atoms with van der Waals surface area (Å²) in [6.07, 6.45) is 7.24. The van der Waals surface area contributed by atoms with Crippen molar-refractivity contribution in [2.24, 2.45) is 0 Å². The van der Waals surface area contributed by atoms with Crippen molar-refractivity contribution in [2.45, 2.75) is 51.6 Å². The highest BCUT2D eigenvalue weighted by molar-refractivity contribution is 5.87. The van der Waals surface area contributed by atoms with Gasteiger partial charge in [-0.3, -0.25) is 9.59 Å². The topological polar surface area (TPSA) is 65.5 Å². The van der Waals surface area contributed by atoms with Crippen LogP contribution in [-0.2, 0) is 16.1 Å². The first kappa shape index (κ1) is 16.7. The Morgan fingerprint density at radius 3 is 2.62 bits per heavy atom. The molecule has 1 N–H and O–H groups in total. The first-order valence-electron chi connectivity index (χ1n) is 8.90. The smallest absolute Gasteiger partial charge is 0.243 e. The second-order valence-corrected chi connectivity index (χ2v) is 6.66. The number of aromatic nitrogens is 1. The molecule has 0 saturated carbocycles. The third-order valence-electron chi connectivity index (χ3n) is 4.92. The number of nitrogens with one attached hydrogen (secondary N) is 1. The summed E-state index contributed by atoms with van der Waals surface area (Å²) < 4.78 is 0. The lowest BCUT2D eigenvalue weighted by Gasteiger charge is -2.27. The molecule has 2 amide bonds. The van der Waals surface area contributed by atoms with Crippen molar-refractivity contribution >= 4 is 17.6 Å². The molecule has 2 aliphatic rings. The maximum absolute atomic E-state index is 12.3. The van der Waals surface area contributed by atoms with Crippen LogP contribution in [0.2, 0.25) is 0 Å². The third kappa shape index (κ3) is 3.86. The Labute approximate surface area is 143 Å². The molecular formula is C18H26N4O2. The maximum Gasteiger partial charge on any atom is 0.243 e. The lowest BCUT2D eigenvalue weighted by Crippen LogP contribution is -2.44. The van der Waals surface area contributed by atoms with Crippen molar-refractivity contribution in [1.29, 1.82) is 0 Å². The molecule has 24 heavy (non-hydrogen) atoms. The minimum absolute atomic E-state index is 0.0276. The van der Waals surface area contributed by atoms with E-state index >= 15 is 0 Å². The van der Waals surface area contributed by atoms with Crippen molar-refractivity contribution in [3.8, 4) is 0 Å². The Hall–Kier alpha value is -2.11. The van der Waals surface area contributed by atoms with Crippen molar-refractivity contribution in [1.82, 2.24) is 15.2 Å². The van der Waals surface area contributed by atoms with Gasteiger partial charge in [0.1, 0.15) is 11.9 Å². The number of carbonyl (C=O) groups is 2. The van der Waals surface area contributed by atoms with Gasteiger partial charge in [0.15, 0.2) is 0 Å². The van der Waals surface area contributed by atoms with Gasteiger partial charge in [-0.05, 0) is 43.7 Å². The van der Waals surface area contributed by atoms with Crippen LogP contribution in [0, 0.1) is 0 Å². The van der Waals surface area contributed by atoms with Crippen molar-refractivity contribution in [2.75, 3.05) is 24.5 Å². The molecule has 0 aromatic carbocycles. The number of pyridine rings is 1. The van der Waals surface area contributed by atoms with Crippen LogP contribution in [0.15, 0.2) is 18.3 Å². The van der Waals surface area contributed by atoms with Crippen LogP contribution >= 0.6 is 0 Å². The minimum Gasteiger partial charge on any atom is -0.357 e. The molecule has 3 rings (SSSR count). The summed E-state index contributed by atoms with van der Waals surface area (Å²) in [5, 5.41) is 2.94. The van der Waals surface area contributed by atoms with Crippen LogP contribution in [0.1, 0.15) is 44.6 Å². The van der Waals surface area contributed by atoms with Gasteiger partial charge in [-0.25, -0.2) is 4.98 Å². The summed E-state index contributed by atoms with van der Waals surface area (Å²) in [6.45, 7) is 4.81. The Morgan fingerprint density at radius 1 is 1.17 bits per heavy atom. The van der Waals surface area contributed by atoms with Crippen molar-refractivity contribution < 1.29 is 9.59 Å². The molecule has 6 nitrogen and oxygen atoms in total. The van der Waals surface area contributed by atoms with E-state index in [-0.39, 0.29) is 17.9 Å². The number of rotatable bonds is 4. The van der Waals surface area contributed by atoms with E-state index in [0.29, 0.717) is 13.1 Å². The van der Waals surface area contributed by atoms with Crippen molar-refractivity contribution in [3.63, 3.8) is 0 Å². The van der Waals surface area contributed by atoms with Gasteiger partial charge in [0.05, 0.1) is 0 Å². The lowest BCUT2D eigenvalue weighted by atomic mass is 10.1. The summed E-state index contributed by atoms with van der Waals surface area (Å²) >= 11 is 0. The normalized spacial score (nSPS) is 21.0. The summed E-state index contributed by atoms with van der Waals surface area (Å²) in [6, 6.07) is 3.74. The third-order valence-corrected chi connectivity index (χ3v) is 4.92. The first-order valence-corrected chi connectivity index (χ1v) is 8.90. The minimum atomic E-state index is -0.317. The Kier molecular flexibility index (Phi) is 5.33. The molecule has 0 radical (unpaired) electrons. The molecule has 2 saturated heterocycles. The Balaban J connectivity index is 1.52. The largest absolute Gasteiger partial charge is 0.357 e. The number of carbonyl (C=O) groups excluding carboxylic acids is 2. The van der Waals surface area contributed by atoms with E-state index in [1.54, 1.807) is 4.90 Å². The molecule has 1 atom stereocenters. The van der Waals surface area contributed by atoms with Crippen LogP contribution in [0.5, 0.6) is 0 Å². The average Bonchev–Trinajstić information content (AvgIpc) is 3.11. The molecular weight excluding hydrogens is 304 g/mol. The van der Waals surface area contributed by atoms with Crippen LogP contribution in [0.25, 0.3) is 0 Å². The molecule has 1 aromatic heterocycles. The quantitative estimate of drug-likeness (QED) is 0.912. The average molecular weight is 330 g/mol.